The number of carbonyl (C=O) groups is 1. The van der Waals surface area contributed by atoms with Crippen molar-refractivity contribution in [2.45, 2.75) is 13.8 Å². The maximum atomic E-state index is 12.2. The van der Waals surface area contributed by atoms with Gasteiger partial charge in [0.2, 0.25) is 0 Å². The maximum absolute atomic E-state index is 12.2. The van der Waals surface area contributed by atoms with Gasteiger partial charge >= 0.3 is 0 Å². The molecule has 6 heteroatoms. The highest BCUT2D eigenvalue weighted by Crippen LogP contribution is 2.18. The van der Waals surface area contributed by atoms with Crippen LogP contribution in [0.25, 0.3) is 0 Å². The van der Waals surface area contributed by atoms with E-state index in [1.165, 1.54) is 6.20 Å². The van der Waals surface area contributed by atoms with Crippen LogP contribution in [0.1, 0.15) is 21.6 Å². The number of anilines is 2. The highest BCUT2D eigenvalue weighted by Gasteiger charge is 2.13. The van der Waals surface area contributed by atoms with Gasteiger partial charge in [0.15, 0.2) is 0 Å². The maximum Gasteiger partial charge on any atom is 0.259 e. The van der Waals surface area contributed by atoms with Gasteiger partial charge in [-0.25, -0.2) is 0 Å². The summed E-state index contributed by atoms with van der Waals surface area (Å²) in [6.45, 7) is 3.70. The zero-order chi connectivity index (χ0) is 13.8. The lowest BCUT2D eigenvalue weighted by Gasteiger charge is -2.11. The molecule has 0 aliphatic carbocycles. The minimum atomic E-state index is -0.269. The molecule has 0 saturated carbocycles. The van der Waals surface area contributed by atoms with E-state index in [0.29, 0.717) is 16.9 Å². The van der Waals surface area contributed by atoms with Crippen LogP contribution in [-0.2, 0) is 0 Å². The number of carbonyl (C=O) groups excluding carboxylic acids is 1. The molecule has 0 spiro atoms. The third-order valence-corrected chi connectivity index (χ3v) is 2.71. The van der Waals surface area contributed by atoms with Crippen LogP contribution in [0.4, 0.5) is 11.4 Å². The van der Waals surface area contributed by atoms with Gasteiger partial charge in [-0.1, -0.05) is 0 Å². The second-order valence-electron chi connectivity index (χ2n) is 4.16. The van der Waals surface area contributed by atoms with Crippen molar-refractivity contribution in [3.8, 4) is 0 Å². The average Bonchev–Trinajstić information content (AvgIpc) is 2.41. The fraction of sp³-hybridized carbons (Fsp3) is 0.154. The molecule has 0 saturated heterocycles. The molecular formula is C13H15N5O. The summed E-state index contributed by atoms with van der Waals surface area (Å²) < 4.78 is 0. The number of nitrogen functional groups attached to an aromatic ring is 1. The molecule has 98 valence electrons. The molecule has 2 aromatic rings. The smallest absolute Gasteiger partial charge is 0.259 e. The number of hydrogen-bond donors (Lipinski definition) is 3. The molecule has 2 heterocycles. The van der Waals surface area contributed by atoms with Gasteiger partial charge in [0.1, 0.15) is 0 Å². The van der Waals surface area contributed by atoms with Crippen LogP contribution in [0.5, 0.6) is 0 Å². The lowest BCUT2D eigenvalue weighted by molar-refractivity contribution is 0.102. The SMILES string of the molecule is Cc1cc(NN)c(C(=O)Nc2ccncc2C)cn1. The quantitative estimate of drug-likeness (QED) is 0.574. The Morgan fingerprint density at radius 3 is 2.74 bits per heavy atom. The topological polar surface area (TPSA) is 92.9 Å². The predicted molar refractivity (Wildman–Crippen MR) is 73.7 cm³/mol. The standard InChI is InChI=1S/C13H15N5O/c1-8-6-15-4-3-11(8)17-13(19)10-7-16-9(2)5-12(10)18-14/h3-7H,14H2,1-2H3,(H,16,18)(H,15,17,19). The Morgan fingerprint density at radius 1 is 1.26 bits per heavy atom. The second-order valence-corrected chi connectivity index (χ2v) is 4.16. The number of aromatic nitrogens is 2. The Morgan fingerprint density at radius 2 is 2.05 bits per heavy atom. The molecule has 1 amide bonds. The van der Waals surface area contributed by atoms with Crippen molar-refractivity contribution in [1.29, 1.82) is 0 Å². The summed E-state index contributed by atoms with van der Waals surface area (Å²) in [5.74, 6) is 5.14. The van der Waals surface area contributed by atoms with E-state index in [0.717, 1.165) is 11.3 Å². The van der Waals surface area contributed by atoms with Crippen LogP contribution in [-0.4, -0.2) is 15.9 Å². The minimum Gasteiger partial charge on any atom is -0.323 e. The van der Waals surface area contributed by atoms with Gasteiger partial charge < -0.3 is 10.7 Å². The zero-order valence-electron chi connectivity index (χ0n) is 10.8. The number of hydrazine groups is 1. The summed E-state index contributed by atoms with van der Waals surface area (Å²) in [6, 6.07) is 3.46. The largest absolute Gasteiger partial charge is 0.323 e. The average molecular weight is 257 g/mol. The normalized spacial score (nSPS) is 10.1. The van der Waals surface area contributed by atoms with Gasteiger partial charge in [-0.3, -0.25) is 20.6 Å². The van der Waals surface area contributed by atoms with Crippen molar-refractivity contribution in [3.63, 3.8) is 0 Å². The summed E-state index contributed by atoms with van der Waals surface area (Å²) in [4.78, 5) is 20.3. The van der Waals surface area contributed by atoms with Gasteiger partial charge in [0, 0.05) is 30.0 Å². The number of nitrogens with one attached hydrogen (secondary N) is 2. The van der Waals surface area contributed by atoms with Crippen molar-refractivity contribution < 1.29 is 4.79 Å². The van der Waals surface area contributed by atoms with Crippen molar-refractivity contribution in [1.82, 2.24) is 9.97 Å². The molecule has 0 aromatic carbocycles. The molecule has 0 atom stereocenters. The van der Waals surface area contributed by atoms with E-state index in [-0.39, 0.29) is 5.91 Å². The highest BCUT2D eigenvalue weighted by atomic mass is 16.1. The first-order chi connectivity index (χ1) is 9.11. The van der Waals surface area contributed by atoms with Crippen LogP contribution >= 0.6 is 0 Å². The summed E-state index contributed by atoms with van der Waals surface area (Å²) in [5, 5.41) is 2.81. The van der Waals surface area contributed by atoms with E-state index in [1.807, 2.05) is 13.8 Å². The molecule has 4 N–H and O–H groups in total. The van der Waals surface area contributed by atoms with E-state index in [1.54, 1.807) is 24.5 Å². The molecule has 0 fully saturated rings. The number of nitrogens with zero attached hydrogens (tertiary/aromatic N) is 2. The van der Waals surface area contributed by atoms with Crippen molar-refractivity contribution >= 4 is 17.3 Å². The van der Waals surface area contributed by atoms with Crippen molar-refractivity contribution in [2.24, 2.45) is 5.84 Å². The van der Waals surface area contributed by atoms with Crippen LogP contribution in [0.2, 0.25) is 0 Å². The highest BCUT2D eigenvalue weighted by molar-refractivity contribution is 6.08. The van der Waals surface area contributed by atoms with Gasteiger partial charge in [-0.15, -0.1) is 0 Å². The Hall–Kier alpha value is -2.47. The van der Waals surface area contributed by atoms with Gasteiger partial charge in [0.25, 0.3) is 5.91 Å². The lowest BCUT2D eigenvalue weighted by atomic mass is 10.2. The first-order valence-corrected chi connectivity index (χ1v) is 5.77. The molecule has 0 aliphatic heterocycles. The minimum absolute atomic E-state index is 0.269. The molecule has 19 heavy (non-hydrogen) atoms. The molecule has 0 unspecified atom stereocenters. The zero-order valence-corrected chi connectivity index (χ0v) is 10.8. The van der Waals surface area contributed by atoms with Crippen LogP contribution < -0.4 is 16.6 Å². The molecular weight excluding hydrogens is 242 g/mol. The number of aryl methyl sites for hydroxylation is 2. The Kier molecular flexibility index (Phi) is 3.72. The first kappa shape index (κ1) is 13.0. The summed E-state index contributed by atoms with van der Waals surface area (Å²) in [5.41, 5.74) is 5.82. The van der Waals surface area contributed by atoms with E-state index < -0.39 is 0 Å². The van der Waals surface area contributed by atoms with Gasteiger partial charge in [0.05, 0.1) is 11.3 Å². The lowest BCUT2D eigenvalue weighted by Crippen LogP contribution is -2.18. The number of amides is 1. The number of pyridine rings is 2. The fourth-order valence-electron chi connectivity index (χ4n) is 1.66. The van der Waals surface area contributed by atoms with Gasteiger partial charge in [-0.05, 0) is 31.5 Å². The molecule has 0 aliphatic rings. The molecule has 0 bridgehead atoms. The van der Waals surface area contributed by atoms with E-state index in [9.17, 15) is 4.79 Å². The predicted octanol–water partition coefficient (Wildman–Crippen LogP) is 1.63. The Bertz CT molecular complexity index is 612. The third kappa shape index (κ3) is 2.86. The van der Waals surface area contributed by atoms with Crippen molar-refractivity contribution in [2.75, 3.05) is 10.7 Å². The second kappa shape index (κ2) is 5.45. The fourth-order valence-corrected chi connectivity index (χ4v) is 1.66. The first-order valence-electron chi connectivity index (χ1n) is 5.77. The monoisotopic (exact) mass is 257 g/mol. The summed E-state index contributed by atoms with van der Waals surface area (Å²) >= 11 is 0. The van der Waals surface area contributed by atoms with Crippen LogP contribution in [0.3, 0.4) is 0 Å². The number of rotatable bonds is 3. The summed E-state index contributed by atoms with van der Waals surface area (Å²) in [7, 11) is 0. The third-order valence-electron chi connectivity index (χ3n) is 2.71. The molecule has 6 nitrogen and oxygen atoms in total. The van der Waals surface area contributed by atoms with Crippen molar-refractivity contribution in [3.05, 3.63) is 47.5 Å². The van der Waals surface area contributed by atoms with E-state index >= 15 is 0 Å². The van der Waals surface area contributed by atoms with E-state index in [4.69, 9.17) is 5.84 Å². The Labute approximate surface area is 111 Å². The van der Waals surface area contributed by atoms with Gasteiger partial charge in [-0.2, -0.15) is 0 Å². The summed E-state index contributed by atoms with van der Waals surface area (Å²) in [6.07, 6.45) is 4.81. The number of nitrogens with two attached hydrogens (primary N) is 1. The molecule has 2 aromatic heterocycles. The Balaban J connectivity index is 2.28. The van der Waals surface area contributed by atoms with Crippen LogP contribution in [0, 0.1) is 13.8 Å². The van der Waals surface area contributed by atoms with E-state index in [2.05, 4.69) is 20.7 Å². The van der Waals surface area contributed by atoms with Crippen LogP contribution in [0.15, 0.2) is 30.7 Å². The molecule has 2 rings (SSSR count). The number of hydrogen-bond acceptors (Lipinski definition) is 5. The molecule has 0 radical (unpaired) electrons.